The summed E-state index contributed by atoms with van der Waals surface area (Å²) in [5.41, 5.74) is 0.305. The summed E-state index contributed by atoms with van der Waals surface area (Å²) in [7, 11) is 1.64. The van der Waals surface area contributed by atoms with Gasteiger partial charge in [0.25, 0.3) is 5.91 Å². The van der Waals surface area contributed by atoms with Crippen molar-refractivity contribution < 1.29 is 14.6 Å². The van der Waals surface area contributed by atoms with Gasteiger partial charge in [0.05, 0.1) is 12.2 Å². The van der Waals surface area contributed by atoms with Crippen molar-refractivity contribution in [2.75, 3.05) is 20.3 Å². The molecule has 0 aliphatic heterocycles. The quantitative estimate of drug-likeness (QED) is 0.541. The van der Waals surface area contributed by atoms with Crippen LogP contribution >= 0.6 is 38.5 Å². The molecule has 1 atom stereocenters. The first-order chi connectivity index (χ1) is 8.54. The number of nitrogens with one attached hydrogen (secondary N) is 1. The molecule has 100 valence electrons. The predicted octanol–water partition coefficient (Wildman–Crippen LogP) is 2.53. The highest BCUT2D eigenvalue weighted by Gasteiger charge is 2.11. The van der Waals surface area contributed by atoms with Gasteiger partial charge in [-0.3, -0.25) is 4.79 Å². The first-order valence-electron chi connectivity index (χ1n) is 5.44. The number of carbonyl (C=O) groups is 1. The Morgan fingerprint density at radius 3 is 3.00 bits per heavy atom. The molecule has 1 unspecified atom stereocenters. The second-order valence-electron chi connectivity index (χ2n) is 3.76. The molecule has 2 N–H and O–H groups in total. The number of aromatic hydroxyl groups is 1. The lowest BCUT2D eigenvalue weighted by Crippen LogP contribution is -2.27. The lowest BCUT2D eigenvalue weighted by atomic mass is 10.2. The van der Waals surface area contributed by atoms with E-state index in [-0.39, 0.29) is 16.5 Å². The highest BCUT2D eigenvalue weighted by molar-refractivity contribution is 14.1. The minimum Gasteiger partial charge on any atom is -0.507 e. The van der Waals surface area contributed by atoms with Gasteiger partial charge in [0.2, 0.25) is 0 Å². The number of alkyl halides is 1. The second kappa shape index (κ2) is 7.96. The van der Waals surface area contributed by atoms with Gasteiger partial charge in [-0.1, -0.05) is 15.9 Å². The molecule has 0 aromatic heterocycles. The number of ether oxygens (including phenoxy) is 1. The van der Waals surface area contributed by atoms with E-state index in [1.54, 1.807) is 19.2 Å². The standard InChI is InChI=1S/C12H15BrINO3/c1-18-7-8(13)4-5-15-12(17)10-6-9(14)2-3-11(10)16/h2-3,6,8,16H,4-5,7H2,1H3,(H,15,17). The fourth-order valence-corrected chi connectivity index (χ4v) is 2.38. The summed E-state index contributed by atoms with van der Waals surface area (Å²) in [5, 5.41) is 12.4. The molecule has 0 bridgehead atoms. The molecule has 0 aliphatic rings. The van der Waals surface area contributed by atoms with Crippen molar-refractivity contribution in [3.05, 3.63) is 27.3 Å². The Labute approximate surface area is 128 Å². The Bertz CT molecular complexity index is 414. The number of halogens is 2. The van der Waals surface area contributed by atoms with Crippen molar-refractivity contribution in [2.24, 2.45) is 0 Å². The van der Waals surface area contributed by atoms with Crippen LogP contribution in [0, 0.1) is 3.57 Å². The van der Waals surface area contributed by atoms with Crippen molar-refractivity contribution in [3.8, 4) is 5.75 Å². The molecule has 0 radical (unpaired) electrons. The number of phenols is 1. The Morgan fingerprint density at radius 2 is 2.33 bits per heavy atom. The maximum Gasteiger partial charge on any atom is 0.255 e. The lowest BCUT2D eigenvalue weighted by Gasteiger charge is -2.10. The monoisotopic (exact) mass is 427 g/mol. The number of carbonyl (C=O) groups excluding carboxylic acids is 1. The van der Waals surface area contributed by atoms with E-state index >= 15 is 0 Å². The SMILES string of the molecule is COCC(Br)CCNC(=O)c1cc(I)ccc1O. The van der Waals surface area contributed by atoms with Gasteiger partial charge in [0.15, 0.2) is 0 Å². The van der Waals surface area contributed by atoms with Crippen molar-refractivity contribution in [2.45, 2.75) is 11.2 Å². The molecular formula is C12H15BrINO3. The third-order valence-electron chi connectivity index (χ3n) is 2.29. The van der Waals surface area contributed by atoms with Crippen LogP contribution in [0.25, 0.3) is 0 Å². The highest BCUT2D eigenvalue weighted by atomic mass is 127. The first-order valence-corrected chi connectivity index (χ1v) is 7.43. The summed E-state index contributed by atoms with van der Waals surface area (Å²) >= 11 is 5.54. The average molecular weight is 428 g/mol. The fourth-order valence-electron chi connectivity index (χ4n) is 1.39. The third kappa shape index (κ3) is 5.11. The summed E-state index contributed by atoms with van der Waals surface area (Å²) in [6, 6.07) is 4.93. The minimum atomic E-state index is -0.261. The van der Waals surface area contributed by atoms with Gasteiger partial charge in [-0.05, 0) is 47.2 Å². The minimum absolute atomic E-state index is 0.000185. The Kier molecular flexibility index (Phi) is 6.95. The highest BCUT2D eigenvalue weighted by Crippen LogP contribution is 2.19. The fraction of sp³-hybridized carbons (Fsp3) is 0.417. The first kappa shape index (κ1) is 15.7. The third-order valence-corrected chi connectivity index (χ3v) is 3.69. The van der Waals surface area contributed by atoms with Crippen molar-refractivity contribution in [3.63, 3.8) is 0 Å². The van der Waals surface area contributed by atoms with Crippen LogP contribution in [0.2, 0.25) is 0 Å². The molecule has 0 aliphatic carbocycles. The summed E-state index contributed by atoms with van der Waals surface area (Å²) < 4.78 is 5.89. The molecule has 0 fully saturated rings. The largest absolute Gasteiger partial charge is 0.507 e. The van der Waals surface area contributed by atoms with Crippen molar-refractivity contribution in [1.82, 2.24) is 5.32 Å². The van der Waals surface area contributed by atoms with Crippen molar-refractivity contribution >= 4 is 44.4 Å². The van der Waals surface area contributed by atoms with E-state index in [2.05, 4.69) is 43.8 Å². The van der Waals surface area contributed by atoms with Gasteiger partial charge in [-0.15, -0.1) is 0 Å². The Morgan fingerprint density at radius 1 is 1.61 bits per heavy atom. The molecule has 1 amide bonds. The number of hydrogen-bond donors (Lipinski definition) is 2. The van der Waals surface area contributed by atoms with Gasteiger partial charge in [0.1, 0.15) is 5.75 Å². The van der Waals surface area contributed by atoms with Gasteiger partial charge >= 0.3 is 0 Å². The van der Waals surface area contributed by atoms with Crippen LogP contribution in [-0.4, -0.2) is 36.1 Å². The molecule has 18 heavy (non-hydrogen) atoms. The normalized spacial score (nSPS) is 12.2. The van der Waals surface area contributed by atoms with E-state index in [0.717, 1.165) is 9.99 Å². The van der Waals surface area contributed by atoms with E-state index in [9.17, 15) is 9.90 Å². The number of methoxy groups -OCH3 is 1. The van der Waals surface area contributed by atoms with Crippen molar-refractivity contribution in [1.29, 1.82) is 0 Å². The molecule has 4 nitrogen and oxygen atoms in total. The zero-order valence-electron chi connectivity index (χ0n) is 9.95. The van der Waals surface area contributed by atoms with Crippen LogP contribution in [0.4, 0.5) is 0 Å². The van der Waals surface area contributed by atoms with E-state index < -0.39 is 0 Å². The number of benzene rings is 1. The molecule has 6 heteroatoms. The van der Waals surface area contributed by atoms with Crippen LogP contribution in [0.1, 0.15) is 16.8 Å². The van der Waals surface area contributed by atoms with Crippen LogP contribution in [-0.2, 0) is 4.74 Å². The number of amides is 1. The molecule has 0 saturated carbocycles. The van der Waals surface area contributed by atoms with E-state index in [1.807, 2.05) is 0 Å². The van der Waals surface area contributed by atoms with Gasteiger partial charge < -0.3 is 15.2 Å². The molecule has 0 heterocycles. The van der Waals surface area contributed by atoms with Crippen LogP contribution < -0.4 is 5.32 Å². The second-order valence-corrected chi connectivity index (χ2v) is 6.30. The zero-order valence-corrected chi connectivity index (χ0v) is 13.7. The lowest BCUT2D eigenvalue weighted by molar-refractivity contribution is 0.0949. The zero-order chi connectivity index (χ0) is 13.5. The number of rotatable bonds is 6. The maximum atomic E-state index is 11.8. The van der Waals surface area contributed by atoms with Crippen LogP contribution in [0.15, 0.2) is 18.2 Å². The maximum absolute atomic E-state index is 11.8. The van der Waals surface area contributed by atoms with E-state index in [1.165, 1.54) is 6.07 Å². The predicted molar refractivity (Wildman–Crippen MR) is 82.4 cm³/mol. The van der Waals surface area contributed by atoms with Gasteiger partial charge in [-0.25, -0.2) is 0 Å². The van der Waals surface area contributed by atoms with Gasteiger partial charge in [-0.2, -0.15) is 0 Å². The summed E-state index contributed by atoms with van der Waals surface area (Å²) in [6.45, 7) is 1.13. The van der Waals surface area contributed by atoms with E-state index in [4.69, 9.17) is 4.74 Å². The Hall–Kier alpha value is -0.340. The van der Waals surface area contributed by atoms with Gasteiger partial charge in [0, 0.05) is 22.1 Å². The van der Waals surface area contributed by atoms with Crippen LogP contribution in [0.3, 0.4) is 0 Å². The van der Waals surface area contributed by atoms with E-state index in [0.29, 0.717) is 18.7 Å². The molecule has 0 spiro atoms. The summed E-state index contributed by atoms with van der Waals surface area (Å²) in [5.74, 6) is -0.261. The summed E-state index contributed by atoms with van der Waals surface area (Å²) in [4.78, 5) is 12.1. The number of phenolic OH excluding ortho intramolecular Hbond substituents is 1. The molecule has 1 rings (SSSR count). The molecule has 0 saturated heterocycles. The molecule has 1 aromatic rings. The topological polar surface area (TPSA) is 58.6 Å². The van der Waals surface area contributed by atoms with Crippen LogP contribution in [0.5, 0.6) is 5.75 Å². The molecular weight excluding hydrogens is 413 g/mol. The Balaban J connectivity index is 2.48. The summed E-state index contributed by atoms with van der Waals surface area (Å²) in [6.07, 6.45) is 0.768. The smallest absolute Gasteiger partial charge is 0.255 e. The molecule has 1 aromatic carbocycles. The number of hydrogen-bond acceptors (Lipinski definition) is 3. The average Bonchev–Trinajstić information content (AvgIpc) is 2.32.